The summed E-state index contributed by atoms with van der Waals surface area (Å²) in [6.07, 6.45) is 1.20. The largest absolute Gasteiger partial charge is 0.489 e. The third-order valence-electron chi connectivity index (χ3n) is 3.17. The Hall–Kier alpha value is -2.15. The summed E-state index contributed by atoms with van der Waals surface area (Å²) in [6, 6.07) is 3.15. The van der Waals surface area contributed by atoms with E-state index in [0.29, 0.717) is 42.7 Å². The number of hydrogen-bond acceptors (Lipinski definition) is 4. The van der Waals surface area contributed by atoms with Gasteiger partial charge in [-0.15, -0.1) is 0 Å². The van der Waals surface area contributed by atoms with Crippen LogP contribution in [-0.2, 0) is 11.3 Å². The number of carbonyl (C=O) groups excluding carboxylic acids is 1. The first-order valence-corrected chi connectivity index (χ1v) is 7.75. The predicted octanol–water partition coefficient (Wildman–Crippen LogP) is 2.17. The maximum Gasteiger partial charge on any atom is 0.315 e. The van der Waals surface area contributed by atoms with E-state index in [1.165, 1.54) is 0 Å². The molecule has 0 saturated carbocycles. The lowest BCUT2D eigenvalue weighted by Crippen LogP contribution is -2.35. The smallest absolute Gasteiger partial charge is 0.315 e. The van der Waals surface area contributed by atoms with Crippen molar-refractivity contribution in [3.05, 3.63) is 22.7 Å². The van der Waals surface area contributed by atoms with Gasteiger partial charge in [-0.1, -0.05) is 11.6 Å². The molecule has 0 radical (unpaired) electrons. The number of rotatable bonds is 6. The van der Waals surface area contributed by atoms with Crippen LogP contribution in [0.1, 0.15) is 24.8 Å². The van der Waals surface area contributed by atoms with E-state index in [1.807, 2.05) is 0 Å². The quantitative estimate of drug-likeness (QED) is 0.688. The van der Waals surface area contributed by atoms with E-state index in [4.69, 9.17) is 26.2 Å². The number of urea groups is 1. The van der Waals surface area contributed by atoms with E-state index in [1.54, 1.807) is 12.1 Å². The minimum absolute atomic E-state index is 0.0258. The van der Waals surface area contributed by atoms with E-state index in [0.717, 1.165) is 12.0 Å². The molecule has 1 aliphatic rings. The molecule has 0 aromatic heterocycles. The number of nitrogens with one attached hydrogen (secondary N) is 2. The van der Waals surface area contributed by atoms with Crippen molar-refractivity contribution in [1.29, 1.82) is 0 Å². The minimum Gasteiger partial charge on any atom is -0.489 e. The summed E-state index contributed by atoms with van der Waals surface area (Å²) in [5.74, 6) is 0.230. The third kappa shape index (κ3) is 5.52. The maximum atomic E-state index is 11.6. The Labute approximate surface area is 138 Å². The van der Waals surface area contributed by atoms with Gasteiger partial charge < -0.3 is 25.2 Å². The highest BCUT2D eigenvalue weighted by atomic mass is 35.5. The molecule has 1 aliphatic heterocycles. The fourth-order valence-corrected chi connectivity index (χ4v) is 2.36. The first-order valence-electron chi connectivity index (χ1n) is 7.38. The molecule has 0 atom stereocenters. The van der Waals surface area contributed by atoms with Gasteiger partial charge in [-0.25, -0.2) is 4.79 Å². The number of ether oxygens (including phenoxy) is 2. The fraction of sp³-hybridized carbons (Fsp3) is 0.467. The van der Waals surface area contributed by atoms with Gasteiger partial charge in [-0.3, -0.25) is 4.79 Å². The number of carbonyl (C=O) groups is 2. The fourth-order valence-electron chi connectivity index (χ4n) is 2.07. The summed E-state index contributed by atoms with van der Waals surface area (Å²) < 4.78 is 11.1. The number of carboxylic acid groups (broad SMARTS) is 1. The van der Waals surface area contributed by atoms with Crippen LogP contribution >= 0.6 is 11.6 Å². The lowest BCUT2D eigenvalue weighted by atomic mass is 10.2. The Balaban J connectivity index is 1.83. The number of halogens is 1. The zero-order valence-electron chi connectivity index (χ0n) is 12.6. The van der Waals surface area contributed by atoms with Gasteiger partial charge >= 0.3 is 12.0 Å². The van der Waals surface area contributed by atoms with E-state index in [-0.39, 0.29) is 19.0 Å². The van der Waals surface area contributed by atoms with Gasteiger partial charge in [0.15, 0.2) is 11.5 Å². The van der Waals surface area contributed by atoms with Crippen molar-refractivity contribution < 1.29 is 24.2 Å². The summed E-state index contributed by atoms with van der Waals surface area (Å²) >= 11 is 6.18. The van der Waals surface area contributed by atoms with Crippen LogP contribution in [0.2, 0.25) is 5.02 Å². The molecule has 0 unspecified atom stereocenters. The Bertz CT molecular complexity index is 579. The average Bonchev–Trinajstić information content (AvgIpc) is 2.75. The highest BCUT2D eigenvalue weighted by Crippen LogP contribution is 2.37. The molecule has 0 spiro atoms. The van der Waals surface area contributed by atoms with Crippen LogP contribution in [0.4, 0.5) is 4.79 Å². The van der Waals surface area contributed by atoms with Crippen LogP contribution in [0.15, 0.2) is 12.1 Å². The van der Waals surface area contributed by atoms with Gasteiger partial charge in [0, 0.05) is 25.9 Å². The van der Waals surface area contributed by atoms with Gasteiger partial charge in [-0.05, 0) is 24.1 Å². The number of fused-ring (bicyclic) bond motifs is 1. The molecule has 126 valence electrons. The predicted molar refractivity (Wildman–Crippen MR) is 84.2 cm³/mol. The maximum absolute atomic E-state index is 11.6. The molecule has 0 fully saturated rings. The van der Waals surface area contributed by atoms with Crippen molar-refractivity contribution in [2.45, 2.75) is 25.8 Å². The lowest BCUT2D eigenvalue weighted by molar-refractivity contribution is -0.137. The molecule has 1 heterocycles. The molecular formula is C15H19ClN2O5. The molecule has 1 aromatic rings. The molecule has 7 nitrogen and oxygen atoms in total. The first kappa shape index (κ1) is 17.2. The van der Waals surface area contributed by atoms with Crippen molar-refractivity contribution >= 4 is 23.6 Å². The van der Waals surface area contributed by atoms with Gasteiger partial charge in [0.05, 0.1) is 18.2 Å². The van der Waals surface area contributed by atoms with Crippen molar-refractivity contribution in [1.82, 2.24) is 10.6 Å². The molecule has 8 heteroatoms. The van der Waals surface area contributed by atoms with Crippen LogP contribution in [0, 0.1) is 0 Å². The molecular weight excluding hydrogens is 324 g/mol. The number of benzene rings is 1. The topological polar surface area (TPSA) is 96.9 Å². The second-order valence-electron chi connectivity index (χ2n) is 5.06. The SMILES string of the molecule is O=C(O)CCCNC(=O)NCc1cc(Cl)c2c(c1)OCCCO2. The van der Waals surface area contributed by atoms with Crippen molar-refractivity contribution in [3.8, 4) is 11.5 Å². The summed E-state index contributed by atoms with van der Waals surface area (Å²) in [7, 11) is 0. The molecule has 3 N–H and O–H groups in total. The van der Waals surface area contributed by atoms with E-state index < -0.39 is 5.97 Å². The summed E-state index contributed by atoms with van der Waals surface area (Å²) in [5, 5.41) is 14.2. The van der Waals surface area contributed by atoms with Crippen molar-refractivity contribution in [2.24, 2.45) is 0 Å². The molecule has 1 aromatic carbocycles. The van der Waals surface area contributed by atoms with Crippen molar-refractivity contribution in [3.63, 3.8) is 0 Å². The molecule has 23 heavy (non-hydrogen) atoms. The van der Waals surface area contributed by atoms with Gasteiger partial charge in [-0.2, -0.15) is 0 Å². The Morgan fingerprint density at radius 1 is 1.22 bits per heavy atom. The molecule has 0 aliphatic carbocycles. The number of carboxylic acids is 1. The monoisotopic (exact) mass is 342 g/mol. The second-order valence-corrected chi connectivity index (χ2v) is 5.47. The van der Waals surface area contributed by atoms with Crippen LogP contribution in [0.5, 0.6) is 11.5 Å². The lowest BCUT2D eigenvalue weighted by Gasteiger charge is -2.12. The zero-order valence-corrected chi connectivity index (χ0v) is 13.3. The second kappa shape index (κ2) is 8.47. The molecule has 2 rings (SSSR count). The third-order valence-corrected chi connectivity index (χ3v) is 3.45. The standard InChI is InChI=1S/C15H19ClN2O5/c16-11-7-10(8-12-14(11)23-6-2-5-22-12)9-18-15(21)17-4-1-3-13(19)20/h7-8H,1-6,9H2,(H,19,20)(H2,17,18,21). The zero-order chi connectivity index (χ0) is 16.7. The first-order chi connectivity index (χ1) is 11.1. The normalized spacial score (nSPS) is 13.1. The number of amides is 2. The summed E-state index contributed by atoms with van der Waals surface area (Å²) in [5.41, 5.74) is 0.792. The summed E-state index contributed by atoms with van der Waals surface area (Å²) in [6.45, 7) is 1.70. The minimum atomic E-state index is -0.881. The van der Waals surface area contributed by atoms with E-state index in [2.05, 4.69) is 10.6 Å². The average molecular weight is 343 g/mol. The summed E-state index contributed by atoms with van der Waals surface area (Å²) in [4.78, 5) is 22.0. The Kier molecular flexibility index (Phi) is 6.34. The van der Waals surface area contributed by atoms with Crippen LogP contribution in [0.3, 0.4) is 0 Å². The highest BCUT2D eigenvalue weighted by molar-refractivity contribution is 6.32. The van der Waals surface area contributed by atoms with Crippen molar-refractivity contribution in [2.75, 3.05) is 19.8 Å². The van der Waals surface area contributed by atoms with Crippen LogP contribution < -0.4 is 20.1 Å². The number of aliphatic carboxylic acids is 1. The molecule has 0 saturated heterocycles. The Morgan fingerprint density at radius 2 is 2.00 bits per heavy atom. The molecule has 2 amide bonds. The van der Waals surface area contributed by atoms with Gasteiger partial charge in [0.1, 0.15) is 0 Å². The molecule has 0 bridgehead atoms. The highest BCUT2D eigenvalue weighted by Gasteiger charge is 2.15. The Morgan fingerprint density at radius 3 is 2.78 bits per heavy atom. The van der Waals surface area contributed by atoms with E-state index >= 15 is 0 Å². The van der Waals surface area contributed by atoms with Crippen LogP contribution in [-0.4, -0.2) is 36.9 Å². The number of hydrogen-bond donors (Lipinski definition) is 3. The van der Waals surface area contributed by atoms with Gasteiger partial charge in [0.2, 0.25) is 0 Å². The van der Waals surface area contributed by atoms with E-state index in [9.17, 15) is 9.59 Å². The van der Waals surface area contributed by atoms with Crippen LogP contribution in [0.25, 0.3) is 0 Å². The van der Waals surface area contributed by atoms with Gasteiger partial charge in [0.25, 0.3) is 0 Å².